The third-order valence-corrected chi connectivity index (χ3v) is 4.25. The zero-order valence-electron chi connectivity index (χ0n) is 9.59. The zero-order valence-corrected chi connectivity index (χ0v) is 11.2. The van der Waals surface area contributed by atoms with Crippen LogP contribution < -0.4 is 5.32 Å². The van der Waals surface area contributed by atoms with Gasteiger partial charge in [-0.2, -0.15) is 0 Å². The van der Waals surface area contributed by atoms with Crippen LogP contribution in [0.1, 0.15) is 24.0 Å². The predicted octanol–water partition coefficient (Wildman–Crippen LogP) is 3.01. The summed E-state index contributed by atoms with van der Waals surface area (Å²) < 4.78 is 0.818. The Balaban J connectivity index is 2.09. The number of phenolic OH excluding ortho intramolecular Hbond substituents is 1. The summed E-state index contributed by atoms with van der Waals surface area (Å²) in [4.78, 5) is 0. The van der Waals surface area contributed by atoms with Crippen molar-refractivity contribution in [2.45, 2.75) is 26.2 Å². The lowest BCUT2D eigenvalue weighted by Gasteiger charge is -2.23. The van der Waals surface area contributed by atoms with Crippen LogP contribution in [0.15, 0.2) is 16.6 Å². The van der Waals surface area contributed by atoms with Crippen LogP contribution in [0.2, 0.25) is 0 Å². The second kappa shape index (κ2) is 5.19. The molecule has 0 spiro atoms. The number of aryl methyl sites for hydroxylation is 1. The summed E-state index contributed by atoms with van der Waals surface area (Å²) >= 11 is 3.38. The van der Waals surface area contributed by atoms with E-state index >= 15 is 0 Å². The molecule has 1 unspecified atom stereocenters. The smallest absolute Gasteiger partial charge is 0.130 e. The molecule has 2 rings (SSSR count). The Hall–Kier alpha value is -0.540. The Bertz CT molecular complexity index is 349. The summed E-state index contributed by atoms with van der Waals surface area (Å²) in [7, 11) is 0. The van der Waals surface area contributed by atoms with Gasteiger partial charge in [0.2, 0.25) is 0 Å². The number of aromatic hydroxyl groups is 1. The number of hydrogen-bond donors (Lipinski definition) is 2. The molecule has 0 aromatic heterocycles. The third kappa shape index (κ3) is 2.77. The monoisotopic (exact) mass is 283 g/mol. The first-order valence-corrected chi connectivity index (χ1v) is 6.65. The normalized spacial score (nSPS) is 21.0. The second-order valence-electron chi connectivity index (χ2n) is 4.66. The average Bonchev–Trinajstić information content (AvgIpc) is 2.27. The standard InChI is InChI=1S/C13H18BrNO/c1-9-5-11(7-12(16)13(9)14)6-10-3-2-4-15-8-10/h5,7,10,15-16H,2-4,6,8H2,1H3. The number of halogens is 1. The minimum absolute atomic E-state index is 0.360. The van der Waals surface area contributed by atoms with Crippen molar-refractivity contribution in [3.8, 4) is 5.75 Å². The first kappa shape index (κ1) is 11.9. The first-order chi connectivity index (χ1) is 7.66. The number of piperidine rings is 1. The van der Waals surface area contributed by atoms with Gasteiger partial charge < -0.3 is 10.4 Å². The van der Waals surface area contributed by atoms with Gasteiger partial charge in [0, 0.05) is 0 Å². The van der Waals surface area contributed by atoms with E-state index in [1.54, 1.807) is 0 Å². The minimum Gasteiger partial charge on any atom is -0.507 e. The lowest BCUT2D eigenvalue weighted by atomic mass is 9.92. The fraction of sp³-hybridized carbons (Fsp3) is 0.538. The highest BCUT2D eigenvalue weighted by molar-refractivity contribution is 9.10. The van der Waals surface area contributed by atoms with Gasteiger partial charge in [0.15, 0.2) is 0 Å². The van der Waals surface area contributed by atoms with Crippen molar-refractivity contribution in [3.05, 3.63) is 27.7 Å². The van der Waals surface area contributed by atoms with Crippen LogP contribution in [0.4, 0.5) is 0 Å². The minimum atomic E-state index is 0.360. The Morgan fingerprint density at radius 1 is 1.50 bits per heavy atom. The van der Waals surface area contributed by atoms with Crippen LogP contribution in [-0.2, 0) is 6.42 Å². The SMILES string of the molecule is Cc1cc(CC2CCCNC2)cc(O)c1Br. The molecule has 1 aliphatic heterocycles. The number of hydrogen-bond acceptors (Lipinski definition) is 2. The fourth-order valence-electron chi connectivity index (χ4n) is 2.37. The molecule has 3 heteroatoms. The molecule has 1 aliphatic rings. The van der Waals surface area contributed by atoms with Crippen molar-refractivity contribution in [2.75, 3.05) is 13.1 Å². The van der Waals surface area contributed by atoms with E-state index in [0.29, 0.717) is 11.7 Å². The van der Waals surface area contributed by atoms with Crippen LogP contribution in [0.5, 0.6) is 5.75 Å². The van der Waals surface area contributed by atoms with E-state index in [0.717, 1.165) is 29.5 Å². The van der Waals surface area contributed by atoms with Gasteiger partial charge in [-0.25, -0.2) is 0 Å². The Kier molecular flexibility index (Phi) is 3.87. The van der Waals surface area contributed by atoms with Crippen LogP contribution in [0, 0.1) is 12.8 Å². The van der Waals surface area contributed by atoms with Crippen LogP contribution >= 0.6 is 15.9 Å². The van der Waals surface area contributed by atoms with Gasteiger partial charge in [-0.1, -0.05) is 6.07 Å². The van der Waals surface area contributed by atoms with E-state index in [4.69, 9.17) is 0 Å². The Labute approximate surface area is 105 Å². The molecule has 0 amide bonds. The van der Waals surface area contributed by atoms with Crippen LogP contribution in [-0.4, -0.2) is 18.2 Å². The maximum atomic E-state index is 9.75. The zero-order chi connectivity index (χ0) is 11.5. The molecule has 1 atom stereocenters. The molecular weight excluding hydrogens is 266 g/mol. The molecule has 1 heterocycles. The average molecular weight is 284 g/mol. The summed E-state index contributed by atoms with van der Waals surface area (Å²) in [5.74, 6) is 1.08. The van der Waals surface area contributed by atoms with Gasteiger partial charge >= 0.3 is 0 Å². The molecule has 1 aromatic carbocycles. The van der Waals surface area contributed by atoms with Gasteiger partial charge in [0.25, 0.3) is 0 Å². The molecule has 1 saturated heterocycles. The molecule has 1 fully saturated rings. The molecule has 88 valence electrons. The van der Waals surface area contributed by atoms with Crippen molar-refractivity contribution in [3.63, 3.8) is 0 Å². The van der Waals surface area contributed by atoms with Crippen molar-refractivity contribution in [1.82, 2.24) is 5.32 Å². The molecule has 16 heavy (non-hydrogen) atoms. The maximum Gasteiger partial charge on any atom is 0.130 e. The largest absolute Gasteiger partial charge is 0.507 e. The van der Waals surface area contributed by atoms with Gasteiger partial charge in [0.05, 0.1) is 4.47 Å². The van der Waals surface area contributed by atoms with E-state index in [9.17, 15) is 5.11 Å². The van der Waals surface area contributed by atoms with E-state index in [1.165, 1.54) is 18.4 Å². The van der Waals surface area contributed by atoms with E-state index < -0.39 is 0 Å². The lowest BCUT2D eigenvalue weighted by molar-refractivity contribution is 0.375. The molecule has 0 saturated carbocycles. The maximum absolute atomic E-state index is 9.75. The molecule has 2 N–H and O–H groups in total. The van der Waals surface area contributed by atoms with E-state index in [2.05, 4.69) is 27.3 Å². The highest BCUT2D eigenvalue weighted by Crippen LogP contribution is 2.30. The highest BCUT2D eigenvalue weighted by atomic mass is 79.9. The topological polar surface area (TPSA) is 32.3 Å². The third-order valence-electron chi connectivity index (χ3n) is 3.22. The fourth-order valence-corrected chi connectivity index (χ4v) is 2.60. The molecule has 1 aromatic rings. The Morgan fingerprint density at radius 3 is 2.94 bits per heavy atom. The summed E-state index contributed by atoms with van der Waals surface area (Å²) in [5, 5.41) is 13.2. The van der Waals surface area contributed by atoms with E-state index in [1.807, 2.05) is 13.0 Å². The Morgan fingerprint density at radius 2 is 2.31 bits per heavy atom. The summed E-state index contributed by atoms with van der Waals surface area (Å²) in [6.07, 6.45) is 3.63. The number of nitrogens with one attached hydrogen (secondary N) is 1. The lowest BCUT2D eigenvalue weighted by Crippen LogP contribution is -2.30. The summed E-state index contributed by atoms with van der Waals surface area (Å²) in [6.45, 7) is 4.28. The molecule has 0 radical (unpaired) electrons. The van der Waals surface area contributed by atoms with E-state index in [-0.39, 0.29) is 0 Å². The van der Waals surface area contributed by atoms with Crippen molar-refractivity contribution >= 4 is 15.9 Å². The van der Waals surface area contributed by atoms with Crippen molar-refractivity contribution in [1.29, 1.82) is 0 Å². The number of phenols is 1. The molecule has 2 nitrogen and oxygen atoms in total. The van der Waals surface area contributed by atoms with Gasteiger partial charge in [0.1, 0.15) is 5.75 Å². The quantitative estimate of drug-likeness (QED) is 0.875. The predicted molar refractivity (Wildman–Crippen MR) is 69.8 cm³/mol. The van der Waals surface area contributed by atoms with Gasteiger partial charge in [-0.15, -0.1) is 0 Å². The van der Waals surface area contributed by atoms with Crippen LogP contribution in [0.3, 0.4) is 0 Å². The molecule has 0 aliphatic carbocycles. The number of rotatable bonds is 2. The molecular formula is C13H18BrNO. The van der Waals surface area contributed by atoms with Crippen molar-refractivity contribution < 1.29 is 5.11 Å². The van der Waals surface area contributed by atoms with Gasteiger partial charge in [-0.05, 0) is 78.3 Å². The number of benzene rings is 1. The second-order valence-corrected chi connectivity index (χ2v) is 5.46. The molecule has 0 bridgehead atoms. The first-order valence-electron chi connectivity index (χ1n) is 5.85. The van der Waals surface area contributed by atoms with Crippen molar-refractivity contribution in [2.24, 2.45) is 5.92 Å². The van der Waals surface area contributed by atoms with Gasteiger partial charge in [-0.3, -0.25) is 0 Å². The summed E-state index contributed by atoms with van der Waals surface area (Å²) in [6, 6.07) is 4.05. The van der Waals surface area contributed by atoms with Crippen LogP contribution in [0.25, 0.3) is 0 Å². The summed E-state index contributed by atoms with van der Waals surface area (Å²) in [5.41, 5.74) is 2.35. The highest BCUT2D eigenvalue weighted by Gasteiger charge is 2.14.